The molecule has 4 nitrogen and oxygen atoms in total. The van der Waals surface area contributed by atoms with Crippen LogP contribution in [-0.2, 0) is 0 Å². The quantitative estimate of drug-likeness (QED) is 0.455. The Hall–Kier alpha value is -0.370. The maximum absolute atomic E-state index is 11.7. The molecule has 7 heteroatoms. The summed E-state index contributed by atoms with van der Waals surface area (Å²) in [5.41, 5.74) is 0. The highest BCUT2D eigenvalue weighted by molar-refractivity contribution is 4.72. The maximum atomic E-state index is 11.7. The number of hydrogen-bond donors (Lipinski definition) is 4. The molecule has 0 rings (SSSR count). The van der Waals surface area contributed by atoms with Gasteiger partial charge in [-0.3, -0.25) is 0 Å². The van der Waals surface area contributed by atoms with Gasteiger partial charge in [-0.2, -0.15) is 13.2 Å². The Balaban J connectivity index is 3.75. The van der Waals surface area contributed by atoms with E-state index in [0.717, 1.165) is 0 Å². The molecule has 80 valence electrons. The van der Waals surface area contributed by atoms with Crippen LogP contribution in [0.4, 0.5) is 13.2 Å². The molecule has 0 saturated carbocycles. The normalized spacial score (nSPS) is 15.0. The second kappa shape index (κ2) is 5.38. The zero-order valence-corrected chi connectivity index (χ0v) is 6.75. The van der Waals surface area contributed by atoms with Crippen LogP contribution in [0.1, 0.15) is 0 Å². The van der Waals surface area contributed by atoms with E-state index in [9.17, 15) is 13.2 Å². The highest BCUT2D eigenvalue weighted by Crippen LogP contribution is 2.19. The smallest absolute Gasteiger partial charge is 0.395 e. The van der Waals surface area contributed by atoms with E-state index in [1.165, 1.54) is 0 Å². The van der Waals surface area contributed by atoms with Crippen LogP contribution in [0.5, 0.6) is 0 Å². The Kier molecular flexibility index (Phi) is 5.23. The topological polar surface area (TPSA) is 72.7 Å². The van der Waals surface area contributed by atoms with Crippen molar-refractivity contribution >= 4 is 0 Å². The number of hydrogen-bond acceptors (Lipinski definition) is 4. The molecule has 0 aromatic heterocycles. The van der Waals surface area contributed by atoms with Crippen LogP contribution in [0.3, 0.4) is 0 Å². The van der Waals surface area contributed by atoms with Gasteiger partial charge in [-0.1, -0.05) is 0 Å². The van der Waals surface area contributed by atoms with Gasteiger partial charge in [-0.15, -0.1) is 0 Å². The summed E-state index contributed by atoms with van der Waals surface area (Å²) in [7, 11) is 0. The molecule has 0 spiro atoms. The molecule has 0 heterocycles. The van der Waals surface area contributed by atoms with Gasteiger partial charge >= 0.3 is 6.18 Å². The van der Waals surface area contributed by atoms with Gasteiger partial charge in [0, 0.05) is 6.54 Å². The van der Waals surface area contributed by atoms with Crippen LogP contribution in [-0.4, -0.2) is 53.4 Å². The van der Waals surface area contributed by atoms with E-state index in [1.54, 1.807) is 0 Å². The van der Waals surface area contributed by atoms with Crippen molar-refractivity contribution in [2.45, 2.75) is 18.3 Å². The minimum atomic E-state index is -4.68. The Morgan fingerprint density at radius 1 is 1.15 bits per heavy atom. The van der Waals surface area contributed by atoms with E-state index in [-0.39, 0.29) is 0 Å². The fourth-order valence-corrected chi connectivity index (χ4v) is 0.581. The molecular formula is C6H12F3NO3. The van der Waals surface area contributed by atoms with Gasteiger partial charge in [0.25, 0.3) is 0 Å². The Labute approximate surface area is 73.0 Å². The number of halogens is 3. The van der Waals surface area contributed by atoms with Gasteiger partial charge in [0.05, 0.1) is 19.3 Å². The number of aliphatic hydroxyl groups excluding tert-OH is 3. The second-order valence-corrected chi connectivity index (χ2v) is 2.53. The molecule has 0 aliphatic rings. The zero-order chi connectivity index (χ0) is 10.5. The molecule has 0 aliphatic heterocycles. The molecule has 0 amide bonds. The summed E-state index contributed by atoms with van der Waals surface area (Å²) in [4.78, 5) is 0. The number of alkyl halides is 3. The molecular weight excluding hydrogens is 191 g/mol. The first kappa shape index (κ1) is 12.6. The molecule has 0 saturated heterocycles. The molecule has 0 aromatic carbocycles. The van der Waals surface area contributed by atoms with E-state index >= 15 is 0 Å². The van der Waals surface area contributed by atoms with Crippen molar-refractivity contribution in [2.24, 2.45) is 0 Å². The first-order valence-corrected chi connectivity index (χ1v) is 3.61. The van der Waals surface area contributed by atoms with Crippen molar-refractivity contribution in [3.05, 3.63) is 0 Å². The van der Waals surface area contributed by atoms with Crippen molar-refractivity contribution < 1.29 is 28.5 Å². The fourth-order valence-electron chi connectivity index (χ4n) is 0.581. The predicted molar refractivity (Wildman–Crippen MR) is 38.0 cm³/mol. The summed E-state index contributed by atoms with van der Waals surface area (Å²) in [6.45, 7) is -1.71. The molecule has 0 aliphatic carbocycles. The van der Waals surface area contributed by atoms with Crippen LogP contribution in [0.2, 0.25) is 0 Å². The highest BCUT2D eigenvalue weighted by Gasteiger charge is 2.37. The molecule has 0 bridgehead atoms. The molecule has 1 atom stereocenters. The summed E-state index contributed by atoms with van der Waals surface area (Å²) in [5, 5.41) is 27.5. The van der Waals surface area contributed by atoms with Crippen LogP contribution in [0.15, 0.2) is 0 Å². The van der Waals surface area contributed by atoms with Gasteiger partial charge in [0.15, 0.2) is 6.10 Å². The van der Waals surface area contributed by atoms with Gasteiger partial charge in [-0.05, 0) is 0 Å². The van der Waals surface area contributed by atoms with Crippen LogP contribution in [0.25, 0.3) is 0 Å². The van der Waals surface area contributed by atoms with Crippen molar-refractivity contribution in [3.63, 3.8) is 0 Å². The van der Waals surface area contributed by atoms with E-state index in [4.69, 9.17) is 15.3 Å². The third-order valence-electron chi connectivity index (χ3n) is 1.42. The summed E-state index contributed by atoms with van der Waals surface area (Å²) in [6.07, 6.45) is -7.16. The number of rotatable bonds is 5. The van der Waals surface area contributed by atoms with Crippen LogP contribution >= 0.6 is 0 Å². The summed E-state index contributed by atoms with van der Waals surface area (Å²) >= 11 is 0. The Morgan fingerprint density at radius 3 is 1.92 bits per heavy atom. The average Bonchev–Trinajstić information content (AvgIpc) is 2.04. The summed E-state index contributed by atoms with van der Waals surface area (Å²) in [5.74, 6) is 0. The maximum Gasteiger partial charge on any atom is 0.415 e. The standard InChI is InChI=1S/C6H12F3NO3/c7-6(8,9)5(13)1-10-4(2-11)3-12/h4-5,10-13H,1-3H2. The largest absolute Gasteiger partial charge is 0.415 e. The van der Waals surface area contributed by atoms with E-state index < -0.39 is 38.1 Å². The molecule has 0 radical (unpaired) electrons. The molecule has 4 N–H and O–H groups in total. The van der Waals surface area contributed by atoms with Crippen LogP contribution in [0, 0.1) is 0 Å². The first-order chi connectivity index (χ1) is 5.91. The van der Waals surface area contributed by atoms with Crippen molar-refractivity contribution in [3.8, 4) is 0 Å². The van der Waals surface area contributed by atoms with Crippen LogP contribution < -0.4 is 5.32 Å². The van der Waals surface area contributed by atoms with Crippen molar-refractivity contribution in [1.29, 1.82) is 0 Å². The van der Waals surface area contributed by atoms with E-state index in [2.05, 4.69) is 5.32 Å². The second-order valence-electron chi connectivity index (χ2n) is 2.53. The molecule has 13 heavy (non-hydrogen) atoms. The third-order valence-corrected chi connectivity index (χ3v) is 1.42. The molecule has 0 fully saturated rings. The zero-order valence-electron chi connectivity index (χ0n) is 6.75. The van der Waals surface area contributed by atoms with Crippen molar-refractivity contribution in [2.75, 3.05) is 19.8 Å². The SMILES string of the molecule is OCC(CO)NCC(O)C(F)(F)F. The fraction of sp³-hybridized carbons (Fsp3) is 1.00. The minimum Gasteiger partial charge on any atom is -0.395 e. The lowest BCUT2D eigenvalue weighted by Gasteiger charge is -2.18. The molecule has 1 unspecified atom stereocenters. The summed E-state index contributed by atoms with van der Waals surface area (Å²) < 4.78 is 35.1. The number of aliphatic hydroxyl groups is 3. The van der Waals surface area contributed by atoms with Gasteiger partial charge < -0.3 is 20.6 Å². The number of nitrogens with one attached hydrogen (secondary N) is 1. The van der Waals surface area contributed by atoms with Crippen molar-refractivity contribution in [1.82, 2.24) is 5.32 Å². The Bertz CT molecular complexity index is 138. The van der Waals surface area contributed by atoms with Gasteiger partial charge in [0.2, 0.25) is 0 Å². The van der Waals surface area contributed by atoms with E-state index in [1.807, 2.05) is 0 Å². The average molecular weight is 203 g/mol. The lowest BCUT2D eigenvalue weighted by molar-refractivity contribution is -0.202. The van der Waals surface area contributed by atoms with E-state index in [0.29, 0.717) is 0 Å². The lowest BCUT2D eigenvalue weighted by Crippen LogP contribution is -2.45. The molecule has 0 aromatic rings. The first-order valence-electron chi connectivity index (χ1n) is 3.61. The third kappa shape index (κ3) is 5.04. The van der Waals surface area contributed by atoms with Gasteiger partial charge in [-0.25, -0.2) is 0 Å². The minimum absolute atomic E-state index is 0.485. The predicted octanol–water partition coefficient (Wildman–Crippen LogP) is -1.15. The summed E-state index contributed by atoms with van der Waals surface area (Å²) in [6, 6.07) is -0.836. The monoisotopic (exact) mass is 203 g/mol. The highest BCUT2D eigenvalue weighted by atomic mass is 19.4. The Morgan fingerprint density at radius 2 is 1.62 bits per heavy atom. The lowest BCUT2D eigenvalue weighted by atomic mass is 10.3. The van der Waals surface area contributed by atoms with Gasteiger partial charge in [0.1, 0.15) is 0 Å².